The summed E-state index contributed by atoms with van der Waals surface area (Å²) in [6, 6.07) is 5.83. The maximum absolute atomic E-state index is 9.66. The fraction of sp³-hybridized carbons (Fsp3) is 0.300. The highest BCUT2D eigenvalue weighted by Crippen LogP contribution is 2.20. The molecule has 0 aliphatic carbocycles. The van der Waals surface area contributed by atoms with E-state index in [1.165, 1.54) is 0 Å². The van der Waals surface area contributed by atoms with Crippen LogP contribution in [0.2, 0.25) is 0 Å². The van der Waals surface area contributed by atoms with Crippen LogP contribution in [-0.4, -0.2) is 14.7 Å². The maximum Gasteiger partial charge on any atom is 0.0824 e. The van der Waals surface area contributed by atoms with Crippen molar-refractivity contribution in [1.82, 2.24) is 9.61 Å². The highest BCUT2D eigenvalue weighted by Gasteiger charge is 2.10. The van der Waals surface area contributed by atoms with E-state index in [4.69, 9.17) is 0 Å². The molecule has 2 heterocycles. The second-order valence-corrected chi connectivity index (χ2v) is 3.05. The maximum atomic E-state index is 9.66. The minimum absolute atomic E-state index is 0.403. The van der Waals surface area contributed by atoms with E-state index in [0.717, 1.165) is 17.5 Å². The molecule has 0 spiro atoms. The lowest BCUT2D eigenvalue weighted by Crippen LogP contribution is -1.94. The van der Waals surface area contributed by atoms with Crippen LogP contribution in [0.1, 0.15) is 25.0 Å². The Labute approximate surface area is 76.6 Å². The monoisotopic (exact) mass is 176 g/mol. The van der Waals surface area contributed by atoms with Crippen molar-refractivity contribution in [3.8, 4) is 0 Å². The summed E-state index contributed by atoms with van der Waals surface area (Å²) in [5.41, 5.74) is 1.89. The van der Waals surface area contributed by atoms with E-state index in [9.17, 15) is 5.11 Å². The first-order chi connectivity index (χ1) is 6.33. The zero-order valence-electron chi connectivity index (χ0n) is 7.51. The van der Waals surface area contributed by atoms with Crippen molar-refractivity contribution in [2.24, 2.45) is 0 Å². The van der Waals surface area contributed by atoms with Gasteiger partial charge in [0.1, 0.15) is 0 Å². The zero-order valence-corrected chi connectivity index (χ0v) is 7.51. The molecule has 0 aliphatic heterocycles. The molecule has 0 amide bonds. The van der Waals surface area contributed by atoms with E-state index in [1.54, 1.807) is 10.7 Å². The Morgan fingerprint density at radius 2 is 2.38 bits per heavy atom. The third-order valence-corrected chi connectivity index (χ3v) is 2.20. The number of hydrogen-bond acceptors (Lipinski definition) is 2. The van der Waals surface area contributed by atoms with E-state index in [0.29, 0.717) is 0 Å². The van der Waals surface area contributed by atoms with Gasteiger partial charge in [-0.15, -0.1) is 0 Å². The summed E-state index contributed by atoms with van der Waals surface area (Å²) >= 11 is 0. The number of hydrogen-bond donors (Lipinski definition) is 1. The molecule has 1 atom stereocenters. The molecule has 13 heavy (non-hydrogen) atoms. The molecular formula is C10H12N2O. The van der Waals surface area contributed by atoms with Crippen molar-refractivity contribution in [1.29, 1.82) is 0 Å². The third-order valence-electron chi connectivity index (χ3n) is 2.20. The Morgan fingerprint density at radius 1 is 1.54 bits per heavy atom. The van der Waals surface area contributed by atoms with Crippen LogP contribution in [-0.2, 0) is 0 Å². The van der Waals surface area contributed by atoms with Crippen molar-refractivity contribution in [3.05, 3.63) is 36.2 Å². The van der Waals surface area contributed by atoms with Crippen LogP contribution in [0.25, 0.3) is 5.52 Å². The minimum atomic E-state index is -0.403. The molecule has 1 unspecified atom stereocenters. The summed E-state index contributed by atoms with van der Waals surface area (Å²) in [5.74, 6) is 0. The molecule has 2 aromatic heterocycles. The Balaban J connectivity index is 2.57. The number of fused-ring (bicyclic) bond motifs is 1. The lowest BCUT2D eigenvalue weighted by molar-refractivity contribution is 0.175. The predicted octanol–water partition coefficient (Wildman–Crippen LogP) is 1.78. The Hall–Kier alpha value is -1.35. The molecule has 2 rings (SSSR count). The topological polar surface area (TPSA) is 37.5 Å². The Morgan fingerprint density at radius 3 is 3.15 bits per heavy atom. The summed E-state index contributed by atoms with van der Waals surface area (Å²) in [5, 5.41) is 13.8. The van der Waals surface area contributed by atoms with E-state index in [2.05, 4.69) is 5.10 Å². The molecular weight excluding hydrogens is 164 g/mol. The second-order valence-electron chi connectivity index (χ2n) is 3.05. The molecule has 2 aromatic rings. The van der Waals surface area contributed by atoms with E-state index in [1.807, 2.05) is 31.3 Å². The second kappa shape index (κ2) is 3.18. The number of rotatable bonds is 2. The van der Waals surface area contributed by atoms with Crippen LogP contribution >= 0.6 is 0 Å². The van der Waals surface area contributed by atoms with Crippen LogP contribution in [0.5, 0.6) is 0 Å². The molecule has 0 radical (unpaired) electrons. The first-order valence-electron chi connectivity index (χ1n) is 4.43. The quantitative estimate of drug-likeness (QED) is 0.757. The van der Waals surface area contributed by atoms with Gasteiger partial charge in [0.15, 0.2) is 0 Å². The van der Waals surface area contributed by atoms with Crippen LogP contribution in [0.15, 0.2) is 30.6 Å². The van der Waals surface area contributed by atoms with Crippen molar-refractivity contribution in [3.63, 3.8) is 0 Å². The number of nitrogens with zero attached hydrogens (tertiary/aromatic N) is 2. The molecule has 0 aromatic carbocycles. The van der Waals surface area contributed by atoms with E-state index >= 15 is 0 Å². The van der Waals surface area contributed by atoms with Crippen LogP contribution in [0.4, 0.5) is 0 Å². The molecule has 1 N–H and O–H groups in total. The molecule has 68 valence electrons. The van der Waals surface area contributed by atoms with Gasteiger partial charge in [0.2, 0.25) is 0 Å². The lowest BCUT2D eigenvalue weighted by Gasteiger charge is -2.04. The molecule has 0 saturated heterocycles. The van der Waals surface area contributed by atoms with E-state index < -0.39 is 6.10 Å². The Bertz CT molecular complexity index is 408. The van der Waals surface area contributed by atoms with Crippen molar-refractivity contribution < 1.29 is 5.11 Å². The van der Waals surface area contributed by atoms with Crippen LogP contribution < -0.4 is 0 Å². The van der Waals surface area contributed by atoms with Crippen molar-refractivity contribution in [2.45, 2.75) is 19.4 Å². The highest BCUT2D eigenvalue weighted by molar-refractivity contribution is 5.54. The first-order valence-corrected chi connectivity index (χ1v) is 4.43. The number of aromatic nitrogens is 2. The van der Waals surface area contributed by atoms with Crippen molar-refractivity contribution >= 4 is 5.52 Å². The molecule has 0 aliphatic rings. The van der Waals surface area contributed by atoms with Gasteiger partial charge >= 0.3 is 0 Å². The lowest BCUT2D eigenvalue weighted by atomic mass is 10.1. The molecule has 0 saturated carbocycles. The molecule has 3 nitrogen and oxygen atoms in total. The van der Waals surface area contributed by atoms with Gasteiger partial charge in [-0.1, -0.05) is 13.0 Å². The fourth-order valence-electron chi connectivity index (χ4n) is 1.43. The molecule has 3 heteroatoms. The smallest absolute Gasteiger partial charge is 0.0824 e. The van der Waals surface area contributed by atoms with Crippen molar-refractivity contribution in [2.75, 3.05) is 0 Å². The van der Waals surface area contributed by atoms with Gasteiger partial charge in [-0.2, -0.15) is 5.10 Å². The van der Waals surface area contributed by atoms with Gasteiger partial charge in [-0.05, 0) is 18.6 Å². The van der Waals surface area contributed by atoms with E-state index in [-0.39, 0.29) is 0 Å². The fourth-order valence-corrected chi connectivity index (χ4v) is 1.43. The molecule has 0 fully saturated rings. The van der Waals surface area contributed by atoms with Gasteiger partial charge in [0, 0.05) is 11.8 Å². The van der Waals surface area contributed by atoms with Crippen LogP contribution in [0, 0.1) is 0 Å². The largest absolute Gasteiger partial charge is 0.388 e. The van der Waals surface area contributed by atoms with Gasteiger partial charge in [-0.25, -0.2) is 4.52 Å². The summed E-state index contributed by atoms with van der Waals surface area (Å²) < 4.78 is 1.77. The third kappa shape index (κ3) is 1.31. The average Bonchev–Trinajstić information content (AvgIpc) is 2.60. The number of aliphatic hydroxyl groups excluding tert-OH is 1. The van der Waals surface area contributed by atoms with Gasteiger partial charge in [-0.3, -0.25) is 0 Å². The normalized spacial score (nSPS) is 13.4. The summed E-state index contributed by atoms with van der Waals surface area (Å²) in [6.45, 7) is 1.96. The zero-order chi connectivity index (χ0) is 9.26. The predicted molar refractivity (Wildman–Crippen MR) is 50.4 cm³/mol. The number of pyridine rings is 1. The van der Waals surface area contributed by atoms with Gasteiger partial charge in [0.25, 0.3) is 0 Å². The molecule has 0 bridgehead atoms. The van der Waals surface area contributed by atoms with Gasteiger partial charge in [0.05, 0.1) is 17.8 Å². The summed E-state index contributed by atoms with van der Waals surface area (Å²) in [6.07, 6.45) is 3.92. The SMILES string of the molecule is CCC(O)c1cnn2ccccc12. The average molecular weight is 176 g/mol. The summed E-state index contributed by atoms with van der Waals surface area (Å²) in [4.78, 5) is 0. The van der Waals surface area contributed by atoms with Crippen LogP contribution in [0.3, 0.4) is 0 Å². The summed E-state index contributed by atoms with van der Waals surface area (Å²) in [7, 11) is 0. The number of aliphatic hydroxyl groups is 1. The standard InChI is InChI=1S/C10H12N2O/c1-2-10(13)8-7-11-12-6-4-3-5-9(8)12/h3-7,10,13H,2H2,1H3. The van der Waals surface area contributed by atoms with Gasteiger partial charge < -0.3 is 5.11 Å². The Kier molecular flexibility index (Phi) is 2.02. The highest BCUT2D eigenvalue weighted by atomic mass is 16.3. The minimum Gasteiger partial charge on any atom is -0.388 e. The first kappa shape index (κ1) is 8.26.